The Morgan fingerprint density at radius 1 is 1.56 bits per heavy atom. The second-order valence-corrected chi connectivity index (χ2v) is 4.39. The van der Waals surface area contributed by atoms with Crippen molar-refractivity contribution in [3.8, 4) is 0 Å². The van der Waals surface area contributed by atoms with Crippen molar-refractivity contribution < 1.29 is 23.8 Å². The second-order valence-electron chi connectivity index (χ2n) is 3.47. The van der Waals surface area contributed by atoms with Gasteiger partial charge in [-0.15, -0.1) is 0 Å². The van der Waals surface area contributed by atoms with Crippen LogP contribution in [0.5, 0.6) is 0 Å². The third-order valence-electron chi connectivity index (χ3n) is 2.18. The average molecular weight is 295 g/mol. The molecule has 0 amide bonds. The van der Waals surface area contributed by atoms with Crippen molar-refractivity contribution >= 4 is 21.9 Å². The predicted octanol–water partition coefficient (Wildman–Crippen LogP) is 2.22. The number of carboxylic acid groups (broad SMARTS) is 1. The molecule has 2 unspecified atom stereocenters. The summed E-state index contributed by atoms with van der Waals surface area (Å²) in [6.45, 7) is 0.913. The first-order valence-electron chi connectivity index (χ1n) is 4.31. The summed E-state index contributed by atoms with van der Waals surface area (Å²) in [4.78, 5) is 10.4. The molecule has 0 aliphatic heterocycles. The molecule has 0 aromatic heterocycles. The van der Waals surface area contributed by atoms with Crippen LogP contribution in [0, 0.1) is 5.82 Å². The molecule has 0 saturated carbocycles. The van der Waals surface area contributed by atoms with E-state index in [2.05, 4.69) is 15.9 Å². The van der Waals surface area contributed by atoms with Crippen LogP contribution < -0.4 is 0 Å². The molecule has 0 bridgehead atoms. The molecule has 0 saturated heterocycles. The van der Waals surface area contributed by atoms with Crippen molar-refractivity contribution in [3.05, 3.63) is 34.1 Å². The van der Waals surface area contributed by atoms with Gasteiger partial charge >= 0.3 is 5.97 Å². The topological polar surface area (TPSA) is 57.5 Å². The Labute approximate surface area is 98.8 Å². The Morgan fingerprint density at radius 3 is 2.62 bits per heavy atom. The van der Waals surface area contributed by atoms with Gasteiger partial charge in [0.2, 0.25) is 6.17 Å². The molecule has 3 nitrogen and oxygen atoms in total. The van der Waals surface area contributed by atoms with E-state index in [4.69, 9.17) is 5.11 Å². The van der Waals surface area contributed by atoms with Crippen LogP contribution in [0.15, 0.2) is 22.7 Å². The third kappa shape index (κ3) is 2.38. The summed E-state index contributed by atoms with van der Waals surface area (Å²) >= 11 is 3.03. The number of aliphatic carboxylic acids is 1. The molecule has 2 N–H and O–H groups in total. The Kier molecular flexibility index (Phi) is 3.64. The van der Waals surface area contributed by atoms with Gasteiger partial charge in [0.15, 0.2) is 0 Å². The zero-order valence-corrected chi connectivity index (χ0v) is 9.83. The van der Waals surface area contributed by atoms with Crippen LogP contribution in [0.2, 0.25) is 0 Å². The Balaban J connectivity index is 3.25. The van der Waals surface area contributed by atoms with Crippen molar-refractivity contribution in [3.63, 3.8) is 0 Å². The lowest BCUT2D eigenvalue weighted by Crippen LogP contribution is -2.39. The highest BCUT2D eigenvalue weighted by molar-refractivity contribution is 9.10. The van der Waals surface area contributed by atoms with Gasteiger partial charge in [-0.25, -0.2) is 13.6 Å². The van der Waals surface area contributed by atoms with Gasteiger partial charge in [-0.05, 0) is 25.1 Å². The van der Waals surface area contributed by atoms with Crippen LogP contribution >= 0.6 is 15.9 Å². The first-order valence-corrected chi connectivity index (χ1v) is 5.11. The minimum absolute atomic E-state index is 0.406. The van der Waals surface area contributed by atoms with E-state index in [-0.39, 0.29) is 0 Å². The summed E-state index contributed by atoms with van der Waals surface area (Å²) in [5.41, 5.74) is -2.82. The van der Waals surface area contributed by atoms with Gasteiger partial charge in [0.05, 0.1) is 0 Å². The fourth-order valence-corrected chi connectivity index (χ4v) is 1.62. The fourth-order valence-electron chi connectivity index (χ4n) is 1.26. The molecule has 0 radical (unpaired) electrons. The molecule has 0 aliphatic rings. The zero-order chi connectivity index (χ0) is 12.5. The van der Waals surface area contributed by atoms with Gasteiger partial charge in [0.1, 0.15) is 11.4 Å². The number of hydrogen-bond acceptors (Lipinski definition) is 2. The van der Waals surface area contributed by atoms with Gasteiger partial charge in [-0.2, -0.15) is 0 Å². The van der Waals surface area contributed by atoms with Crippen molar-refractivity contribution in [2.24, 2.45) is 0 Å². The molecule has 0 spiro atoms. The standard InChI is InChI=1S/C10H9BrF2O3/c1-10(16,8(13)9(14)15)6-4-5(11)2-3-7(6)12/h2-4,8,16H,1H3,(H,14,15). The van der Waals surface area contributed by atoms with Crippen molar-refractivity contribution in [1.29, 1.82) is 0 Å². The molecule has 0 aliphatic carbocycles. The number of rotatable bonds is 3. The smallest absolute Gasteiger partial charge is 0.341 e. The summed E-state index contributed by atoms with van der Waals surface area (Å²) in [6, 6.07) is 3.52. The molecule has 2 atom stereocenters. The van der Waals surface area contributed by atoms with Gasteiger partial charge in [0.25, 0.3) is 0 Å². The molecular weight excluding hydrogens is 286 g/mol. The number of benzene rings is 1. The monoisotopic (exact) mass is 294 g/mol. The first-order chi connectivity index (χ1) is 7.26. The van der Waals surface area contributed by atoms with Crippen LogP contribution in [0.25, 0.3) is 0 Å². The Bertz CT molecular complexity index is 421. The molecule has 1 aromatic carbocycles. The van der Waals surface area contributed by atoms with E-state index in [9.17, 15) is 18.7 Å². The Hall–Kier alpha value is -1.01. The van der Waals surface area contributed by atoms with Crippen LogP contribution in [-0.2, 0) is 10.4 Å². The van der Waals surface area contributed by atoms with Crippen LogP contribution in [-0.4, -0.2) is 22.4 Å². The molecule has 6 heteroatoms. The van der Waals surface area contributed by atoms with E-state index in [1.54, 1.807) is 0 Å². The van der Waals surface area contributed by atoms with Crippen LogP contribution in [0.1, 0.15) is 12.5 Å². The summed E-state index contributed by atoms with van der Waals surface area (Å²) < 4.78 is 27.0. The summed E-state index contributed by atoms with van der Waals surface area (Å²) in [7, 11) is 0. The van der Waals surface area contributed by atoms with Gasteiger partial charge in [0, 0.05) is 10.0 Å². The molecule has 0 heterocycles. The van der Waals surface area contributed by atoms with Gasteiger partial charge < -0.3 is 10.2 Å². The third-order valence-corrected chi connectivity index (χ3v) is 2.68. The largest absolute Gasteiger partial charge is 0.479 e. The highest BCUT2D eigenvalue weighted by Gasteiger charge is 2.41. The molecule has 1 aromatic rings. The summed E-state index contributed by atoms with van der Waals surface area (Å²) in [5, 5.41) is 18.2. The maximum absolute atomic E-state index is 13.3. The minimum atomic E-state index is -2.60. The lowest BCUT2D eigenvalue weighted by Gasteiger charge is -2.25. The Morgan fingerprint density at radius 2 is 2.12 bits per heavy atom. The summed E-state index contributed by atoms with van der Waals surface area (Å²) in [5.74, 6) is -2.71. The van der Waals surface area contributed by atoms with Crippen LogP contribution in [0.3, 0.4) is 0 Å². The quantitative estimate of drug-likeness (QED) is 0.899. The lowest BCUT2D eigenvalue weighted by atomic mass is 9.90. The molecular formula is C10H9BrF2O3. The maximum Gasteiger partial charge on any atom is 0.341 e. The lowest BCUT2D eigenvalue weighted by molar-refractivity contribution is -0.154. The minimum Gasteiger partial charge on any atom is -0.479 e. The van der Waals surface area contributed by atoms with Crippen LogP contribution in [0.4, 0.5) is 8.78 Å². The number of carboxylic acids is 1. The normalized spacial score (nSPS) is 16.6. The molecule has 1 rings (SSSR count). The van der Waals surface area contributed by atoms with E-state index >= 15 is 0 Å². The maximum atomic E-state index is 13.3. The molecule has 0 fully saturated rings. The van der Waals surface area contributed by atoms with E-state index < -0.39 is 29.1 Å². The number of halogens is 3. The van der Waals surface area contributed by atoms with Crippen molar-refractivity contribution in [2.45, 2.75) is 18.7 Å². The van der Waals surface area contributed by atoms with Crippen molar-refractivity contribution in [2.75, 3.05) is 0 Å². The van der Waals surface area contributed by atoms with Gasteiger partial charge in [-0.1, -0.05) is 15.9 Å². The number of aliphatic hydroxyl groups is 1. The predicted molar refractivity (Wildman–Crippen MR) is 56.2 cm³/mol. The SMILES string of the molecule is CC(O)(c1cc(Br)ccc1F)C(F)C(=O)O. The number of carbonyl (C=O) groups is 1. The van der Waals surface area contributed by atoms with E-state index in [1.165, 1.54) is 6.07 Å². The highest BCUT2D eigenvalue weighted by atomic mass is 79.9. The number of alkyl halides is 1. The molecule has 88 valence electrons. The summed E-state index contributed by atoms with van der Waals surface area (Å²) in [6.07, 6.45) is -2.60. The average Bonchev–Trinajstić information content (AvgIpc) is 2.20. The first kappa shape index (κ1) is 13.1. The van der Waals surface area contributed by atoms with E-state index in [1.807, 2.05) is 0 Å². The molecule has 16 heavy (non-hydrogen) atoms. The van der Waals surface area contributed by atoms with Crippen molar-refractivity contribution in [1.82, 2.24) is 0 Å². The fraction of sp³-hybridized carbons (Fsp3) is 0.300. The van der Waals surface area contributed by atoms with E-state index in [0.717, 1.165) is 19.1 Å². The van der Waals surface area contributed by atoms with Gasteiger partial charge in [-0.3, -0.25) is 0 Å². The number of hydrogen-bond donors (Lipinski definition) is 2. The van der Waals surface area contributed by atoms with E-state index in [0.29, 0.717) is 4.47 Å². The second kappa shape index (κ2) is 4.47. The zero-order valence-electron chi connectivity index (χ0n) is 8.25. The highest BCUT2D eigenvalue weighted by Crippen LogP contribution is 2.31.